The topological polar surface area (TPSA) is 96.8 Å². The van der Waals surface area contributed by atoms with Crippen LogP contribution in [0.15, 0.2) is 75.1 Å². The number of furan rings is 1. The molecule has 1 aliphatic rings. The van der Waals surface area contributed by atoms with E-state index < -0.39 is 5.97 Å². The summed E-state index contributed by atoms with van der Waals surface area (Å²) in [6.45, 7) is 4.40. The molecule has 2 N–H and O–H groups in total. The van der Waals surface area contributed by atoms with Crippen molar-refractivity contribution in [2.45, 2.75) is 20.4 Å². The Morgan fingerprint density at radius 2 is 2.00 bits per heavy atom. The Morgan fingerprint density at radius 1 is 1.18 bits per heavy atom. The predicted molar refractivity (Wildman–Crippen MR) is 133 cm³/mol. The summed E-state index contributed by atoms with van der Waals surface area (Å²) in [5.41, 5.74) is 4.87. The van der Waals surface area contributed by atoms with Gasteiger partial charge in [0.15, 0.2) is 5.17 Å². The lowest BCUT2D eigenvalue weighted by atomic mass is 10.1. The number of fused-ring (bicyclic) bond motifs is 1. The average Bonchev–Trinajstić information content (AvgIpc) is 3.50. The van der Waals surface area contributed by atoms with Crippen LogP contribution in [0.25, 0.3) is 17.0 Å². The third-order valence-corrected chi connectivity index (χ3v) is 6.44. The van der Waals surface area contributed by atoms with Gasteiger partial charge in [-0.1, -0.05) is 35.9 Å². The summed E-state index contributed by atoms with van der Waals surface area (Å²) in [7, 11) is 0. The van der Waals surface area contributed by atoms with Crippen LogP contribution >= 0.6 is 11.8 Å². The van der Waals surface area contributed by atoms with Gasteiger partial charge < -0.3 is 19.4 Å². The van der Waals surface area contributed by atoms with Crippen LogP contribution in [0.5, 0.6) is 0 Å². The van der Waals surface area contributed by atoms with Gasteiger partial charge in [-0.15, -0.1) is 0 Å². The molecular weight excluding hydrogens is 450 g/mol. The number of nitrogens with one attached hydrogen (secondary N) is 1. The van der Waals surface area contributed by atoms with Crippen molar-refractivity contribution in [1.29, 1.82) is 0 Å². The number of benzene rings is 2. The second kappa shape index (κ2) is 8.72. The van der Waals surface area contributed by atoms with Crippen LogP contribution in [-0.4, -0.2) is 26.7 Å². The third kappa shape index (κ3) is 4.27. The first-order valence-corrected chi connectivity index (χ1v) is 11.5. The first kappa shape index (κ1) is 21.8. The molecule has 0 spiro atoms. The molecule has 1 amide bonds. The zero-order valence-corrected chi connectivity index (χ0v) is 19.3. The van der Waals surface area contributed by atoms with E-state index in [-0.39, 0.29) is 11.7 Å². The van der Waals surface area contributed by atoms with E-state index in [0.29, 0.717) is 22.4 Å². The van der Waals surface area contributed by atoms with E-state index >= 15 is 0 Å². The van der Waals surface area contributed by atoms with Gasteiger partial charge in [0.05, 0.1) is 17.1 Å². The molecule has 3 heterocycles. The molecule has 7 nitrogen and oxygen atoms in total. The van der Waals surface area contributed by atoms with Crippen LogP contribution in [0.2, 0.25) is 0 Å². The minimum atomic E-state index is -1.10. The smallest absolute Gasteiger partial charge is 0.371 e. The second-order valence-corrected chi connectivity index (χ2v) is 9.10. The van der Waals surface area contributed by atoms with Gasteiger partial charge in [0, 0.05) is 22.7 Å². The number of aliphatic imine (C=N–C) groups is 1. The van der Waals surface area contributed by atoms with Crippen molar-refractivity contribution >= 4 is 51.5 Å². The maximum absolute atomic E-state index is 12.7. The third-order valence-electron chi connectivity index (χ3n) is 5.53. The highest BCUT2D eigenvalue weighted by Gasteiger charge is 2.24. The van der Waals surface area contributed by atoms with Crippen molar-refractivity contribution in [2.75, 3.05) is 0 Å². The summed E-state index contributed by atoms with van der Waals surface area (Å²) in [6.07, 6.45) is 3.79. The fourth-order valence-corrected chi connectivity index (χ4v) is 4.75. The maximum Gasteiger partial charge on any atom is 0.371 e. The molecule has 0 bridgehead atoms. The maximum atomic E-state index is 12.7. The van der Waals surface area contributed by atoms with Crippen LogP contribution < -0.4 is 5.32 Å². The lowest BCUT2D eigenvalue weighted by Crippen LogP contribution is -2.19. The SMILES string of the molecule is Cc1ccc(N=C2NC(=O)/C(=C/c3cn(Cc4ccc(C(=O)O)o4)c4ccccc34)S2)c(C)c1. The van der Waals surface area contributed by atoms with E-state index in [0.717, 1.165) is 33.3 Å². The molecule has 1 fully saturated rings. The van der Waals surface area contributed by atoms with Gasteiger partial charge in [0.25, 0.3) is 5.91 Å². The highest BCUT2D eigenvalue weighted by Crippen LogP contribution is 2.32. The van der Waals surface area contributed by atoms with Crippen LogP contribution in [-0.2, 0) is 11.3 Å². The Morgan fingerprint density at radius 3 is 2.76 bits per heavy atom. The normalized spacial score (nSPS) is 16.0. The molecule has 2 aromatic carbocycles. The predicted octanol–water partition coefficient (Wildman–Crippen LogP) is 5.49. The number of aromatic nitrogens is 1. The van der Waals surface area contributed by atoms with Crippen molar-refractivity contribution in [3.05, 3.63) is 93.9 Å². The highest BCUT2D eigenvalue weighted by atomic mass is 32.2. The Hall–Kier alpha value is -4.04. The van der Waals surface area contributed by atoms with Crippen LogP contribution in [0, 0.1) is 13.8 Å². The largest absolute Gasteiger partial charge is 0.475 e. The number of aromatic carboxylic acids is 1. The molecule has 0 radical (unpaired) electrons. The minimum Gasteiger partial charge on any atom is -0.475 e. The number of aryl methyl sites for hydroxylation is 2. The number of hydrogen-bond acceptors (Lipinski definition) is 5. The molecule has 8 heteroatoms. The first-order chi connectivity index (χ1) is 16.4. The van der Waals surface area contributed by atoms with Gasteiger partial charge in [-0.2, -0.15) is 0 Å². The Balaban J connectivity index is 1.46. The van der Waals surface area contributed by atoms with Crippen LogP contribution in [0.3, 0.4) is 0 Å². The number of amidine groups is 1. The summed E-state index contributed by atoms with van der Waals surface area (Å²) in [4.78, 5) is 29.0. The number of carboxylic acids is 1. The van der Waals surface area contributed by atoms with E-state index in [2.05, 4.69) is 16.4 Å². The second-order valence-electron chi connectivity index (χ2n) is 8.07. The molecule has 1 aliphatic heterocycles. The molecule has 170 valence electrons. The molecule has 1 saturated heterocycles. The number of carboxylic acid groups (broad SMARTS) is 1. The number of hydrogen-bond donors (Lipinski definition) is 2. The van der Waals surface area contributed by atoms with Gasteiger partial charge in [0.1, 0.15) is 5.76 Å². The van der Waals surface area contributed by atoms with Crippen molar-refractivity contribution < 1.29 is 19.1 Å². The summed E-state index contributed by atoms with van der Waals surface area (Å²) in [6, 6.07) is 17.0. The summed E-state index contributed by atoms with van der Waals surface area (Å²) >= 11 is 1.31. The number of thioether (sulfide) groups is 1. The highest BCUT2D eigenvalue weighted by molar-refractivity contribution is 8.18. The lowest BCUT2D eigenvalue weighted by Gasteiger charge is -2.02. The quantitative estimate of drug-likeness (QED) is 0.375. The van der Waals surface area contributed by atoms with Gasteiger partial charge in [-0.3, -0.25) is 4.79 Å². The Bertz CT molecular complexity index is 1510. The number of carbonyl (C=O) groups is 2. The van der Waals surface area contributed by atoms with E-state index in [9.17, 15) is 9.59 Å². The number of rotatable bonds is 5. The summed E-state index contributed by atoms with van der Waals surface area (Å²) < 4.78 is 7.41. The molecule has 0 atom stereocenters. The van der Waals surface area contributed by atoms with Crippen LogP contribution in [0.4, 0.5) is 5.69 Å². The van der Waals surface area contributed by atoms with E-state index in [1.165, 1.54) is 17.8 Å². The Kier molecular flexibility index (Phi) is 5.59. The zero-order valence-electron chi connectivity index (χ0n) is 18.5. The summed E-state index contributed by atoms with van der Waals surface area (Å²) in [5.74, 6) is -0.851. The molecule has 4 aromatic rings. The van der Waals surface area contributed by atoms with Gasteiger partial charge in [-0.05, 0) is 61.5 Å². The van der Waals surface area contributed by atoms with Gasteiger partial charge in [0.2, 0.25) is 5.76 Å². The standard InChI is InChI=1S/C26H21N3O4S/c1-15-7-9-20(16(2)11-15)27-26-28-24(30)23(34-26)12-17-13-29(21-6-4-3-5-19(17)21)14-18-8-10-22(33-18)25(31)32/h3-13H,14H2,1-2H3,(H,31,32)(H,27,28,30)/b23-12-. The molecular formula is C26H21N3O4S. The van der Waals surface area contributed by atoms with Crippen molar-refractivity contribution in [1.82, 2.24) is 9.88 Å². The number of para-hydroxylation sites is 1. The molecule has 34 heavy (non-hydrogen) atoms. The van der Waals surface area contributed by atoms with Gasteiger partial charge >= 0.3 is 5.97 Å². The average molecular weight is 472 g/mol. The fraction of sp³-hybridized carbons (Fsp3) is 0.115. The van der Waals surface area contributed by atoms with Gasteiger partial charge in [-0.25, -0.2) is 9.79 Å². The first-order valence-electron chi connectivity index (χ1n) is 10.6. The fourth-order valence-electron chi connectivity index (χ4n) is 3.93. The molecule has 2 aromatic heterocycles. The lowest BCUT2D eigenvalue weighted by molar-refractivity contribution is -0.115. The van der Waals surface area contributed by atoms with Crippen molar-refractivity contribution in [3.63, 3.8) is 0 Å². The monoisotopic (exact) mass is 471 g/mol. The number of amides is 1. The van der Waals surface area contributed by atoms with E-state index in [1.807, 2.05) is 67.1 Å². The molecule has 0 aliphatic carbocycles. The minimum absolute atomic E-state index is 0.0940. The van der Waals surface area contributed by atoms with E-state index in [4.69, 9.17) is 9.52 Å². The van der Waals surface area contributed by atoms with E-state index in [1.54, 1.807) is 6.07 Å². The number of carbonyl (C=O) groups excluding carboxylic acids is 1. The Labute approximate surface area is 199 Å². The molecule has 5 rings (SSSR count). The van der Waals surface area contributed by atoms with Crippen molar-refractivity contribution in [2.24, 2.45) is 4.99 Å². The number of nitrogens with zero attached hydrogens (tertiary/aromatic N) is 2. The zero-order chi connectivity index (χ0) is 23.8. The summed E-state index contributed by atoms with van der Waals surface area (Å²) in [5, 5.41) is 13.5. The van der Waals surface area contributed by atoms with Crippen LogP contribution in [0.1, 0.15) is 33.0 Å². The molecule has 0 saturated carbocycles. The van der Waals surface area contributed by atoms with Crippen molar-refractivity contribution in [3.8, 4) is 0 Å². The molecule has 0 unspecified atom stereocenters.